The van der Waals surface area contributed by atoms with Crippen LogP contribution >= 0.6 is 0 Å². The molecule has 4 rings (SSSR count). The van der Waals surface area contributed by atoms with Crippen LogP contribution in [0.2, 0.25) is 0 Å². The Morgan fingerprint density at radius 3 is 2.72 bits per heavy atom. The number of rotatable bonds is 7. The highest BCUT2D eigenvalue weighted by Gasteiger charge is 2.14. The highest BCUT2D eigenvalue weighted by Crippen LogP contribution is 2.34. The maximum atomic E-state index is 12.4. The minimum Gasteiger partial charge on any atom is -0.457 e. The molecule has 4 aromatic rings. The average molecular weight is 431 g/mol. The Hall–Kier alpha value is -4.07. The molecule has 0 spiro atoms. The largest absolute Gasteiger partial charge is 0.457 e. The number of carbonyl (C=O) groups is 1. The summed E-state index contributed by atoms with van der Waals surface area (Å²) in [4.78, 5) is 16.4. The summed E-state index contributed by atoms with van der Waals surface area (Å²) in [5.41, 5.74) is 10.9. The molecule has 0 bridgehead atoms. The van der Waals surface area contributed by atoms with Crippen LogP contribution in [0.4, 0.5) is 11.4 Å². The van der Waals surface area contributed by atoms with Gasteiger partial charge >= 0.3 is 0 Å². The number of anilines is 2. The normalized spacial score (nSPS) is 10.8. The molecule has 164 valence electrons. The molecule has 0 aliphatic carbocycles. The molecule has 0 saturated heterocycles. The highest BCUT2D eigenvalue weighted by molar-refractivity contribution is 5.91. The molecule has 0 aliphatic rings. The fourth-order valence-corrected chi connectivity index (χ4v) is 3.52. The van der Waals surface area contributed by atoms with Crippen molar-refractivity contribution in [1.82, 2.24) is 14.7 Å². The summed E-state index contributed by atoms with van der Waals surface area (Å²) < 4.78 is 13.2. The number of aryl methyl sites for hydroxylation is 4. The first-order valence-electron chi connectivity index (χ1n) is 10.3. The fourth-order valence-electron chi connectivity index (χ4n) is 3.52. The topological polar surface area (TPSA) is 108 Å². The molecule has 2 heterocycles. The van der Waals surface area contributed by atoms with Gasteiger partial charge in [0.1, 0.15) is 17.3 Å². The van der Waals surface area contributed by atoms with Gasteiger partial charge in [0.15, 0.2) is 0 Å². The van der Waals surface area contributed by atoms with Crippen molar-refractivity contribution in [2.45, 2.75) is 33.7 Å². The minimum absolute atomic E-state index is 0.0800. The van der Waals surface area contributed by atoms with Gasteiger partial charge in [-0.2, -0.15) is 0 Å². The number of hydrogen-bond acceptors (Lipinski definition) is 6. The summed E-state index contributed by atoms with van der Waals surface area (Å²) in [7, 11) is 0. The van der Waals surface area contributed by atoms with Gasteiger partial charge in [-0.3, -0.25) is 4.79 Å². The van der Waals surface area contributed by atoms with Crippen molar-refractivity contribution in [1.29, 1.82) is 0 Å². The zero-order valence-electron chi connectivity index (χ0n) is 18.3. The summed E-state index contributed by atoms with van der Waals surface area (Å²) in [6.07, 6.45) is 5.55. The Labute approximate surface area is 186 Å². The Morgan fingerprint density at radius 1 is 1.16 bits per heavy atom. The van der Waals surface area contributed by atoms with E-state index in [1.54, 1.807) is 18.6 Å². The van der Waals surface area contributed by atoms with Gasteiger partial charge in [-0.15, -0.1) is 0 Å². The van der Waals surface area contributed by atoms with Gasteiger partial charge in [0.05, 0.1) is 12.0 Å². The van der Waals surface area contributed by atoms with Gasteiger partial charge in [0.25, 0.3) is 0 Å². The third-order valence-corrected chi connectivity index (χ3v) is 5.13. The number of nitrogens with zero attached hydrogens (tertiary/aromatic N) is 3. The summed E-state index contributed by atoms with van der Waals surface area (Å²) in [5, 5.41) is 6.98. The minimum atomic E-state index is -0.0800. The van der Waals surface area contributed by atoms with E-state index in [-0.39, 0.29) is 5.91 Å². The van der Waals surface area contributed by atoms with E-state index in [2.05, 4.69) is 15.5 Å². The number of hydrogen-bond donors (Lipinski definition) is 2. The monoisotopic (exact) mass is 431 g/mol. The quantitative estimate of drug-likeness (QED) is 0.404. The van der Waals surface area contributed by atoms with Crippen LogP contribution in [-0.4, -0.2) is 20.6 Å². The van der Waals surface area contributed by atoms with Crippen molar-refractivity contribution in [3.05, 3.63) is 72.1 Å². The van der Waals surface area contributed by atoms with Gasteiger partial charge in [-0.05, 0) is 50.1 Å². The summed E-state index contributed by atoms with van der Waals surface area (Å²) in [6, 6.07) is 11.1. The first kappa shape index (κ1) is 21.2. The lowest BCUT2D eigenvalue weighted by Crippen LogP contribution is -2.14. The van der Waals surface area contributed by atoms with Crippen molar-refractivity contribution in [2.24, 2.45) is 0 Å². The molecule has 0 unspecified atom stereocenters. The van der Waals surface area contributed by atoms with E-state index in [9.17, 15) is 4.79 Å². The van der Waals surface area contributed by atoms with Crippen molar-refractivity contribution in [3.8, 4) is 22.6 Å². The van der Waals surface area contributed by atoms with Crippen LogP contribution in [0.3, 0.4) is 0 Å². The number of nitrogens with two attached hydrogens (primary N) is 1. The standard InChI is InChI=1S/C24H25N5O3/c1-15-4-5-20(13-22(15)27-23(30)6-8-29-9-7-26-14-29)31-21-11-18(10-19(25)12-21)24-16(2)28-32-17(24)3/h4-5,7,9-14H,6,8,25H2,1-3H3,(H,27,30). The Kier molecular flexibility index (Phi) is 5.93. The summed E-state index contributed by atoms with van der Waals surface area (Å²) in [5.74, 6) is 1.82. The average Bonchev–Trinajstić information content (AvgIpc) is 3.38. The third-order valence-electron chi connectivity index (χ3n) is 5.13. The van der Waals surface area contributed by atoms with Gasteiger partial charge in [0, 0.05) is 54.4 Å². The van der Waals surface area contributed by atoms with Crippen molar-refractivity contribution < 1.29 is 14.1 Å². The predicted octanol–water partition coefficient (Wildman–Crippen LogP) is 4.87. The molecule has 0 aliphatic heterocycles. The SMILES string of the molecule is Cc1ccc(Oc2cc(N)cc(-c3c(C)noc3C)c2)cc1NC(=O)CCn1ccnc1. The van der Waals surface area contributed by atoms with Crippen molar-refractivity contribution in [2.75, 3.05) is 11.1 Å². The van der Waals surface area contributed by atoms with E-state index >= 15 is 0 Å². The molecule has 8 nitrogen and oxygen atoms in total. The highest BCUT2D eigenvalue weighted by atomic mass is 16.5. The van der Waals surface area contributed by atoms with Crippen molar-refractivity contribution in [3.63, 3.8) is 0 Å². The number of imidazole rings is 1. The predicted molar refractivity (Wildman–Crippen MR) is 123 cm³/mol. The molecule has 2 aromatic heterocycles. The van der Waals surface area contributed by atoms with E-state index < -0.39 is 0 Å². The van der Waals surface area contributed by atoms with E-state index in [0.717, 1.165) is 28.1 Å². The second-order valence-corrected chi connectivity index (χ2v) is 7.67. The van der Waals surface area contributed by atoms with Crippen LogP contribution in [0.15, 0.2) is 59.6 Å². The van der Waals surface area contributed by atoms with Crippen LogP contribution in [-0.2, 0) is 11.3 Å². The van der Waals surface area contributed by atoms with Crippen LogP contribution in [0.1, 0.15) is 23.4 Å². The smallest absolute Gasteiger partial charge is 0.226 e. The first-order valence-corrected chi connectivity index (χ1v) is 10.3. The van der Waals surface area contributed by atoms with Crippen LogP contribution in [0.5, 0.6) is 11.5 Å². The second-order valence-electron chi connectivity index (χ2n) is 7.67. The fraction of sp³-hybridized carbons (Fsp3) is 0.208. The Bertz CT molecular complexity index is 1230. The second kappa shape index (κ2) is 8.97. The van der Waals surface area contributed by atoms with Crippen LogP contribution in [0, 0.1) is 20.8 Å². The lowest BCUT2D eigenvalue weighted by Gasteiger charge is -2.13. The number of nitrogens with one attached hydrogen (secondary N) is 1. The maximum absolute atomic E-state index is 12.4. The van der Waals surface area contributed by atoms with E-state index in [0.29, 0.717) is 35.8 Å². The summed E-state index contributed by atoms with van der Waals surface area (Å²) in [6.45, 7) is 6.25. The number of aromatic nitrogens is 3. The molecule has 8 heteroatoms. The number of carbonyl (C=O) groups excluding carboxylic acids is 1. The van der Waals surface area contributed by atoms with Crippen LogP contribution in [0.25, 0.3) is 11.1 Å². The van der Waals surface area contributed by atoms with E-state index in [1.165, 1.54) is 0 Å². The van der Waals surface area contributed by atoms with Gasteiger partial charge < -0.3 is 24.9 Å². The maximum Gasteiger partial charge on any atom is 0.226 e. The third kappa shape index (κ3) is 4.80. The lowest BCUT2D eigenvalue weighted by atomic mass is 10.0. The number of amides is 1. The number of nitrogen functional groups attached to an aromatic ring is 1. The molecule has 0 radical (unpaired) electrons. The van der Waals surface area contributed by atoms with Gasteiger partial charge in [-0.1, -0.05) is 11.2 Å². The Morgan fingerprint density at radius 2 is 2.00 bits per heavy atom. The molecule has 3 N–H and O–H groups in total. The zero-order valence-corrected chi connectivity index (χ0v) is 18.3. The lowest BCUT2D eigenvalue weighted by molar-refractivity contribution is -0.116. The molecular formula is C24H25N5O3. The zero-order chi connectivity index (χ0) is 22.7. The van der Waals surface area contributed by atoms with E-state index in [1.807, 2.05) is 61.9 Å². The molecule has 32 heavy (non-hydrogen) atoms. The summed E-state index contributed by atoms with van der Waals surface area (Å²) >= 11 is 0. The van der Waals surface area contributed by atoms with Crippen LogP contribution < -0.4 is 15.8 Å². The van der Waals surface area contributed by atoms with Gasteiger partial charge in [0.2, 0.25) is 5.91 Å². The number of ether oxygens (including phenoxy) is 1. The Balaban J connectivity index is 1.51. The first-order chi connectivity index (χ1) is 15.4. The molecule has 2 aromatic carbocycles. The van der Waals surface area contributed by atoms with E-state index in [4.69, 9.17) is 15.0 Å². The van der Waals surface area contributed by atoms with Gasteiger partial charge in [-0.25, -0.2) is 4.98 Å². The molecule has 0 atom stereocenters. The molecule has 0 saturated carbocycles. The molecule has 1 amide bonds. The number of benzene rings is 2. The molecule has 0 fully saturated rings. The van der Waals surface area contributed by atoms with Crippen molar-refractivity contribution >= 4 is 17.3 Å². The molecular weight excluding hydrogens is 406 g/mol.